The molecule has 0 aliphatic carbocycles. The molecule has 1 atom stereocenters. The number of carbonyl (C=O) groups is 1. The minimum Gasteiger partial charge on any atom is -0.337 e. The topological polar surface area (TPSA) is 32.3 Å². The van der Waals surface area contributed by atoms with Crippen molar-refractivity contribution in [2.75, 3.05) is 19.6 Å². The van der Waals surface area contributed by atoms with Gasteiger partial charge in [0.2, 0.25) is 5.91 Å². The van der Waals surface area contributed by atoms with Gasteiger partial charge in [-0.2, -0.15) is 0 Å². The summed E-state index contributed by atoms with van der Waals surface area (Å²) in [6.07, 6.45) is 1.41. The van der Waals surface area contributed by atoms with Crippen molar-refractivity contribution in [3.8, 4) is 0 Å². The van der Waals surface area contributed by atoms with Gasteiger partial charge in [0.25, 0.3) is 0 Å². The van der Waals surface area contributed by atoms with E-state index in [1.165, 1.54) is 5.56 Å². The zero-order valence-corrected chi connectivity index (χ0v) is 13.5. The number of amides is 1. The molecule has 1 saturated heterocycles. The number of hydrogen-bond acceptors (Lipinski definition) is 2. The number of benzene rings is 1. The SMILES string of the molecule is C[C@@H]1CNCCN1C(=O)CCc1cccc(Br)c1.Cl. The lowest BCUT2D eigenvalue weighted by molar-refractivity contribution is -0.133. The fourth-order valence-corrected chi connectivity index (χ4v) is 2.75. The summed E-state index contributed by atoms with van der Waals surface area (Å²) in [5, 5.41) is 3.30. The number of nitrogens with one attached hydrogen (secondary N) is 1. The monoisotopic (exact) mass is 346 g/mol. The highest BCUT2D eigenvalue weighted by atomic mass is 79.9. The zero-order valence-electron chi connectivity index (χ0n) is 11.1. The van der Waals surface area contributed by atoms with E-state index in [9.17, 15) is 4.79 Å². The molecule has 0 spiro atoms. The van der Waals surface area contributed by atoms with Crippen LogP contribution in [0.2, 0.25) is 0 Å². The fourth-order valence-electron chi connectivity index (χ4n) is 2.30. The molecule has 1 aliphatic heterocycles. The lowest BCUT2D eigenvalue weighted by Gasteiger charge is -2.34. The van der Waals surface area contributed by atoms with Gasteiger partial charge in [-0.25, -0.2) is 0 Å². The van der Waals surface area contributed by atoms with Crippen LogP contribution in [0.15, 0.2) is 28.7 Å². The van der Waals surface area contributed by atoms with Gasteiger partial charge < -0.3 is 10.2 Å². The van der Waals surface area contributed by atoms with E-state index in [0.29, 0.717) is 12.5 Å². The largest absolute Gasteiger partial charge is 0.337 e. The van der Waals surface area contributed by atoms with Crippen molar-refractivity contribution in [2.45, 2.75) is 25.8 Å². The van der Waals surface area contributed by atoms with Gasteiger partial charge in [-0.05, 0) is 31.0 Å². The predicted molar refractivity (Wildman–Crippen MR) is 83.8 cm³/mol. The summed E-state index contributed by atoms with van der Waals surface area (Å²) in [4.78, 5) is 14.1. The van der Waals surface area contributed by atoms with Crippen LogP contribution in [0.5, 0.6) is 0 Å². The Morgan fingerprint density at radius 3 is 3.00 bits per heavy atom. The van der Waals surface area contributed by atoms with Crippen LogP contribution in [0.25, 0.3) is 0 Å². The summed E-state index contributed by atoms with van der Waals surface area (Å²) in [7, 11) is 0. The molecule has 1 N–H and O–H groups in total. The molecule has 1 fully saturated rings. The van der Waals surface area contributed by atoms with Crippen molar-refractivity contribution < 1.29 is 4.79 Å². The lowest BCUT2D eigenvalue weighted by atomic mass is 10.1. The molecule has 3 nitrogen and oxygen atoms in total. The van der Waals surface area contributed by atoms with Crippen LogP contribution in [0.1, 0.15) is 18.9 Å². The summed E-state index contributed by atoms with van der Waals surface area (Å²) in [6.45, 7) is 4.75. The van der Waals surface area contributed by atoms with Gasteiger partial charge in [0.15, 0.2) is 0 Å². The van der Waals surface area contributed by atoms with Crippen LogP contribution in [-0.2, 0) is 11.2 Å². The number of nitrogens with zero attached hydrogens (tertiary/aromatic N) is 1. The van der Waals surface area contributed by atoms with Crippen LogP contribution >= 0.6 is 28.3 Å². The molecule has 106 valence electrons. The molecule has 0 aromatic heterocycles. The molecule has 1 aromatic carbocycles. The molecule has 19 heavy (non-hydrogen) atoms. The third-order valence-corrected chi connectivity index (χ3v) is 3.83. The summed E-state index contributed by atoms with van der Waals surface area (Å²) >= 11 is 3.45. The third-order valence-electron chi connectivity index (χ3n) is 3.34. The number of halogens is 2. The number of piperazine rings is 1. The number of rotatable bonds is 3. The fraction of sp³-hybridized carbons (Fsp3) is 0.500. The average Bonchev–Trinajstić information content (AvgIpc) is 2.37. The first kappa shape index (κ1) is 16.5. The second-order valence-electron chi connectivity index (χ2n) is 4.77. The molecule has 0 unspecified atom stereocenters. The van der Waals surface area contributed by atoms with E-state index in [4.69, 9.17) is 0 Å². The first-order valence-electron chi connectivity index (χ1n) is 6.41. The van der Waals surface area contributed by atoms with Crippen LogP contribution < -0.4 is 5.32 Å². The van der Waals surface area contributed by atoms with Gasteiger partial charge in [0, 0.05) is 36.6 Å². The van der Waals surface area contributed by atoms with E-state index in [2.05, 4.69) is 40.3 Å². The van der Waals surface area contributed by atoms with E-state index in [1.54, 1.807) is 0 Å². The standard InChI is InChI=1S/C14H19BrN2O.ClH/c1-11-10-16-7-8-17(11)14(18)6-5-12-3-2-4-13(15)9-12;/h2-4,9,11,16H,5-8,10H2,1H3;1H/t11-;/m1./s1. The third kappa shape index (κ3) is 4.79. The lowest BCUT2D eigenvalue weighted by Crippen LogP contribution is -2.52. The van der Waals surface area contributed by atoms with Gasteiger partial charge in [0.05, 0.1) is 0 Å². The van der Waals surface area contributed by atoms with Gasteiger partial charge >= 0.3 is 0 Å². The van der Waals surface area contributed by atoms with Gasteiger partial charge in [-0.3, -0.25) is 4.79 Å². The summed E-state index contributed by atoms with van der Waals surface area (Å²) in [6, 6.07) is 8.48. The van der Waals surface area contributed by atoms with Crippen molar-refractivity contribution in [1.82, 2.24) is 10.2 Å². The normalized spacial score (nSPS) is 18.8. The molecule has 1 heterocycles. The Balaban J connectivity index is 0.00000180. The maximum atomic E-state index is 12.2. The Morgan fingerprint density at radius 2 is 2.32 bits per heavy atom. The highest BCUT2D eigenvalue weighted by Gasteiger charge is 2.22. The van der Waals surface area contributed by atoms with E-state index in [0.717, 1.165) is 30.5 Å². The maximum absolute atomic E-state index is 12.2. The van der Waals surface area contributed by atoms with Crippen LogP contribution in [0.4, 0.5) is 0 Å². The zero-order chi connectivity index (χ0) is 13.0. The van der Waals surface area contributed by atoms with E-state index in [1.807, 2.05) is 17.0 Å². The van der Waals surface area contributed by atoms with Crippen molar-refractivity contribution in [2.24, 2.45) is 0 Å². The molecule has 1 aromatic rings. The smallest absolute Gasteiger partial charge is 0.223 e. The Hall–Kier alpha value is -0.580. The number of hydrogen-bond donors (Lipinski definition) is 1. The molecule has 5 heteroatoms. The van der Waals surface area contributed by atoms with Crippen LogP contribution in [0, 0.1) is 0 Å². The highest BCUT2D eigenvalue weighted by molar-refractivity contribution is 9.10. The Bertz CT molecular complexity index is 428. The van der Waals surface area contributed by atoms with E-state index >= 15 is 0 Å². The second kappa shape index (κ2) is 7.88. The van der Waals surface area contributed by atoms with Crippen molar-refractivity contribution >= 4 is 34.2 Å². The van der Waals surface area contributed by atoms with E-state index in [-0.39, 0.29) is 18.3 Å². The molecule has 0 radical (unpaired) electrons. The molecular weight excluding hydrogens is 328 g/mol. The second-order valence-corrected chi connectivity index (χ2v) is 5.69. The van der Waals surface area contributed by atoms with Crippen LogP contribution in [0.3, 0.4) is 0 Å². The maximum Gasteiger partial charge on any atom is 0.223 e. The van der Waals surface area contributed by atoms with Crippen LogP contribution in [-0.4, -0.2) is 36.5 Å². The predicted octanol–water partition coefficient (Wildman–Crippen LogP) is 2.62. The first-order chi connectivity index (χ1) is 8.66. The van der Waals surface area contributed by atoms with Gasteiger partial charge in [-0.1, -0.05) is 28.1 Å². The molecular formula is C14H20BrClN2O. The Labute approximate surface area is 129 Å². The first-order valence-corrected chi connectivity index (χ1v) is 7.21. The van der Waals surface area contributed by atoms with Crippen molar-refractivity contribution in [3.05, 3.63) is 34.3 Å². The minimum atomic E-state index is 0. The molecule has 2 rings (SSSR count). The van der Waals surface area contributed by atoms with Crippen molar-refractivity contribution in [3.63, 3.8) is 0 Å². The molecule has 0 saturated carbocycles. The minimum absolute atomic E-state index is 0. The molecule has 1 aliphatic rings. The molecule has 1 amide bonds. The Kier molecular flexibility index (Phi) is 6.83. The molecule has 0 bridgehead atoms. The van der Waals surface area contributed by atoms with Crippen molar-refractivity contribution in [1.29, 1.82) is 0 Å². The summed E-state index contributed by atoms with van der Waals surface area (Å²) in [5.74, 6) is 0.268. The van der Waals surface area contributed by atoms with E-state index < -0.39 is 0 Å². The number of aryl methyl sites for hydroxylation is 1. The quantitative estimate of drug-likeness (QED) is 0.911. The number of carbonyl (C=O) groups excluding carboxylic acids is 1. The summed E-state index contributed by atoms with van der Waals surface area (Å²) in [5.41, 5.74) is 1.21. The average molecular weight is 348 g/mol. The van der Waals surface area contributed by atoms with Gasteiger partial charge in [0.1, 0.15) is 0 Å². The Morgan fingerprint density at radius 1 is 1.53 bits per heavy atom. The highest BCUT2D eigenvalue weighted by Crippen LogP contribution is 2.14. The summed E-state index contributed by atoms with van der Waals surface area (Å²) < 4.78 is 1.07. The van der Waals surface area contributed by atoms with Gasteiger partial charge in [-0.15, -0.1) is 12.4 Å².